The highest BCUT2D eigenvalue weighted by Gasteiger charge is 2.34. The van der Waals surface area contributed by atoms with E-state index in [0.29, 0.717) is 47.9 Å². The van der Waals surface area contributed by atoms with E-state index in [0.717, 1.165) is 16.7 Å². The molecule has 0 spiro atoms. The molecule has 10 nitrogen and oxygen atoms in total. The van der Waals surface area contributed by atoms with Crippen LogP contribution >= 0.6 is 11.3 Å². The lowest BCUT2D eigenvalue weighted by molar-refractivity contribution is -0.140. The van der Waals surface area contributed by atoms with Crippen LogP contribution in [0.15, 0.2) is 40.5 Å². The number of hydrogen-bond acceptors (Lipinski definition) is 10. The third-order valence-electron chi connectivity index (χ3n) is 5.19. The van der Waals surface area contributed by atoms with Gasteiger partial charge in [0.1, 0.15) is 16.9 Å². The summed E-state index contributed by atoms with van der Waals surface area (Å²) >= 11 is 0.834. The molecule has 14 heteroatoms. The molecule has 5 rings (SSSR count). The van der Waals surface area contributed by atoms with Crippen LogP contribution in [0.5, 0.6) is 0 Å². The third kappa shape index (κ3) is 5.10. The van der Waals surface area contributed by atoms with E-state index in [-0.39, 0.29) is 31.5 Å². The topological polar surface area (TPSA) is 128 Å². The quantitative estimate of drug-likeness (QED) is 0.391. The molecule has 0 saturated carbocycles. The van der Waals surface area contributed by atoms with E-state index in [1.807, 2.05) is 0 Å². The molecule has 1 amide bonds. The van der Waals surface area contributed by atoms with Crippen LogP contribution in [0.25, 0.3) is 33.2 Å². The van der Waals surface area contributed by atoms with E-state index < -0.39 is 11.9 Å². The van der Waals surface area contributed by atoms with Crippen LogP contribution in [0, 0.1) is 0 Å². The Labute approximate surface area is 208 Å². The molecule has 1 fully saturated rings. The Balaban J connectivity index is 0.00000200. The zero-order chi connectivity index (χ0) is 25.3. The van der Waals surface area contributed by atoms with Gasteiger partial charge in [0.05, 0.1) is 18.8 Å². The summed E-state index contributed by atoms with van der Waals surface area (Å²) in [6, 6.07) is 2.97. The van der Waals surface area contributed by atoms with Crippen LogP contribution in [0.4, 0.5) is 19.0 Å². The number of hydrogen-bond donors (Lipinski definition) is 2. The van der Waals surface area contributed by atoms with E-state index in [4.69, 9.17) is 9.15 Å². The number of aromatic nitrogens is 5. The van der Waals surface area contributed by atoms with Crippen molar-refractivity contribution in [2.45, 2.75) is 19.1 Å². The molecule has 4 aromatic heterocycles. The summed E-state index contributed by atoms with van der Waals surface area (Å²) in [6.45, 7) is 2.98. The first-order chi connectivity index (χ1) is 17.3. The van der Waals surface area contributed by atoms with Crippen molar-refractivity contribution in [3.05, 3.63) is 47.7 Å². The number of alkyl halides is 3. The first-order valence-electron chi connectivity index (χ1n) is 10.7. The number of ether oxygens (including phenoxy) is 1. The summed E-state index contributed by atoms with van der Waals surface area (Å²) in [7, 11) is 0. The van der Waals surface area contributed by atoms with Gasteiger partial charge in [-0.25, -0.2) is 9.97 Å². The molecule has 0 bridgehead atoms. The standard InChI is InChI=1S/C22H18F3N7O3S.2H2/c1-11(33)29-18-5-14(21-30-17(10-36-21)22(23,24)25)15(8-28-18)12-4-13(7-26-6-12)19-31-32-20(35-19)16-9-34-3-2-27-16;;/h4-8,10,16,27H,2-3,9H2,1H3,(H,28,29,33);2*1H/t16-;;/m0../s1. The van der Waals surface area contributed by atoms with Crippen molar-refractivity contribution in [3.63, 3.8) is 0 Å². The number of morpholine rings is 1. The van der Waals surface area contributed by atoms with E-state index in [2.05, 4.69) is 35.8 Å². The molecule has 5 heterocycles. The molecular weight excluding hydrogens is 499 g/mol. The molecule has 1 saturated heterocycles. The number of anilines is 1. The average molecular weight is 522 g/mol. The molecule has 0 aliphatic carbocycles. The van der Waals surface area contributed by atoms with Gasteiger partial charge < -0.3 is 19.8 Å². The van der Waals surface area contributed by atoms with Crippen molar-refractivity contribution in [1.29, 1.82) is 0 Å². The van der Waals surface area contributed by atoms with Gasteiger partial charge in [0, 0.05) is 57.0 Å². The number of rotatable bonds is 5. The zero-order valence-electron chi connectivity index (χ0n) is 18.7. The SMILES string of the molecule is CC(=O)Nc1cc(-c2nc(C(F)(F)F)cs2)c(-c2cncc(-c3nnc([C@@H]4COCCN4)o3)c2)cn1.[HH].[HH]. The highest BCUT2D eigenvalue weighted by Crippen LogP contribution is 2.39. The van der Waals surface area contributed by atoms with Crippen molar-refractivity contribution in [1.82, 2.24) is 30.5 Å². The lowest BCUT2D eigenvalue weighted by Gasteiger charge is -2.20. The van der Waals surface area contributed by atoms with Crippen LogP contribution in [0.3, 0.4) is 0 Å². The summed E-state index contributed by atoms with van der Waals surface area (Å²) < 4.78 is 50.8. The lowest BCUT2D eigenvalue weighted by atomic mass is 10.0. The predicted octanol–water partition coefficient (Wildman–Crippen LogP) is 4.45. The molecule has 2 N–H and O–H groups in total. The molecule has 0 aromatic carbocycles. The minimum atomic E-state index is -4.59. The van der Waals surface area contributed by atoms with Crippen molar-refractivity contribution >= 4 is 23.1 Å². The average Bonchev–Trinajstić information content (AvgIpc) is 3.55. The van der Waals surface area contributed by atoms with Crippen molar-refractivity contribution in [3.8, 4) is 33.2 Å². The summed E-state index contributed by atoms with van der Waals surface area (Å²) in [4.78, 5) is 23.8. The predicted molar refractivity (Wildman–Crippen MR) is 127 cm³/mol. The second-order valence-corrected chi connectivity index (χ2v) is 8.68. The van der Waals surface area contributed by atoms with Crippen molar-refractivity contribution in [2.24, 2.45) is 0 Å². The van der Waals surface area contributed by atoms with Crippen LogP contribution in [0.1, 0.15) is 27.4 Å². The van der Waals surface area contributed by atoms with Gasteiger partial charge in [-0.05, 0) is 12.1 Å². The number of halogens is 3. The molecule has 190 valence electrons. The van der Waals surface area contributed by atoms with Gasteiger partial charge in [-0.1, -0.05) is 0 Å². The minimum absolute atomic E-state index is 0. The Hall–Kier alpha value is -3.75. The van der Waals surface area contributed by atoms with Gasteiger partial charge in [-0.2, -0.15) is 13.2 Å². The molecule has 1 aliphatic rings. The molecule has 4 aromatic rings. The Bertz CT molecular complexity index is 1410. The van der Waals surface area contributed by atoms with Gasteiger partial charge >= 0.3 is 6.18 Å². The Morgan fingerprint density at radius 1 is 1.19 bits per heavy atom. The van der Waals surface area contributed by atoms with Crippen molar-refractivity contribution in [2.75, 3.05) is 25.1 Å². The normalized spacial score (nSPS) is 16.2. The van der Waals surface area contributed by atoms with Crippen LogP contribution < -0.4 is 10.6 Å². The third-order valence-corrected chi connectivity index (χ3v) is 6.07. The summed E-state index contributed by atoms with van der Waals surface area (Å²) in [5, 5.41) is 15.0. The number of thiazole rings is 1. The van der Waals surface area contributed by atoms with Crippen LogP contribution in [-0.2, 0) is 15.7 Å². The number of amides is 1. The zero-order valence-corrected chi connectivity index (χ0v) is 19.5. The number of nitrogens with one attached hydrogen (secondary N) is 2. The van der Waals surface area contributed by atoms with E-state index in [1.54, 1.807) is 6.07 Å². The number of carbonyl (C=O) groups excluding carboxylic acids is 1. The second kappa shape index (κ2) is 9.72. The molecule has 0 unspecified atom stereocenters. The second-order valence-electron chi connectivity index (χ2n) is 7.82. The van der Waals surface area contributed by atoms with E-state index >= 15 is 0 Å². The maximum absolute atomic E-state index is 13.2. The van der Waals surface area contributed by atoms with Gasteiger partial charge in [0.25, 0.3) is 0 Å². The Morgan fingerprint density at radius 2 is 2.03 bits per heavy atom. The molecular formula is C22H22F3N7O3S. The maximum Gasteiger partial charge on any atom is 0.434 e. The van der Waals surface area contributed by atoms with E-state index in [1.165, 1.54) is 31.6 Å². The smallest absolute Gasteiger partial charge is 0.419 e. The first-order valence-corrected chi connectivity index (χ1v) is 11.6. The number of carbonyl (C=O) groups is 1. The fourth-order valence-corrected chi connectivity index (χ4v) is 4.42. The highest BCUT2D eigenvalue weighted by atomic mass is 32.1. The van der Waals surface area contributed by atoms with Gasteiger partial charge in [-0.15, -0.1) is 21.5 Å². The fourth-order valence-electron chi connectivity index (χ4n) is 3.56. The lowest BCUT2D eigenvalue weighted by Crippen LogP contribution is -2.34. The minimum Gasteiger partial charge on any atom is -0.419 e. The molecule has 1 aliphatic heterocycles. The number of nitrogens with zero attached hydrogens (tertiary/aromatic N) is 5. The fraction of sp³-hybridized carbons (Fsp3) is 0.273. The van der Waals surface area contributed by atoms with Crippen LogP contribution in [0.2, 0.25) is 0 Å². The summed E-state index contributed by atoms with van der Waals surface area (Å²) in [6.07, 6.45) is -0.0694. The first kappa shape index (κ1) is 24.0. The number of pyridine rings is 2. The van der Waals surface area contributed by atoms with Crippen molar-refractivity contribution < 1.29 is 30.0 Å². The molecule has 36 heavy (non-hydrogen) atoms. The molecule has 1 atom stereocenters. The van der Waals surface area contributed by atoms with Gasteiger partial charge in [0.15, 0.2) is 5.69 Å². The van der Waals surface area contributed by atoms with E-state index in [9.17, 15) is 18.0 Å². The highest BCUT2D eigenvalue weighted by molar-refractivity contribution is 7.13. The maximum atomic E-state index is 13.2. The summed E-state index contributed by atoms with van der Waals surface area (Å²) in [5.74, 6) is 0.409. The Kier molecular flexibility index (Phi) is 6.47. The Morgan fingerprint density at radius 3 is 2.75 bits per heavy atom. The van der Waals surface area contributed by atoms with Gasteiger partial charge in [-0.3, -0.25) is 9.78 Å². The van der Waals surface area contributed by atoms with Gasteiger partial charge in [0.2, 0.25) is 17.7 Å². The molecule has 0 radical (unpaired) electrons. The largest absolute Gasteiger partial charge is 0.434 e. The monoisotopic (exact) mass is 521 g/mol. The summed E-state index contributed by atoms with van der Waals surface area (Å²) in [5.41, 5.74) is 0.852. The van der Waals surface area contributed by atoms with Crippen LogP contribution in [-0.4, -0.2) is 50.8 Å².